The number of fused-ring (bicyclic) bond motifs is 1. The molecule has 3 rings (SSSR count). The van der Waals surface area contributed by atoms with Crippen molar-refractivity contribution in [2.45, 2.75) is 32.0 Å². The number of nitrogens with zero attached hydrogens (tertiary/aromatic N) is 1. The maximum Gasteiger partial charge on any atom is 0.271 e. The lowest BCUT2D eigenvalue weighted by atomic mass is 10.1. The quantitative estimate of drug-likeness (QED) is 0.691. The second kappa shape index (κ2) is 3.50. The molecule has 0 amide bonds. The molecule has 0 atom stereocenters. The molecule has 0 bridgehead atoms. The van der Waals surface area contributed by atoms with Gasteiger partial charge >= 0.3 is 0 Å². The van der Waals surface area contributed by atoms with E-state index in [0.717, 1.165) is 43.9 Å². The summed E-state index contributed by atoms with van der Waals surface area (Å²) in [4.78, 5) is 12.0. The van der Waals surface area contributed by atoms with Crippen molar-refractivity contribution in [3.05, 3.63) is 21.6 Å². The van der Waals surface area contributed by atoms with Crippen LogP contribution in [0.2, 0.25) is 0 Å². The van der Waals surface area contributed by atoms with E-state index in [1.165, 1.54) is 0 Å². The van der Waals surface area contributed by atoms with Crippen LogP contribution in [-0.4, -0.2) is 23.0 Å². The Morgan fingerprint density at radius 3 is 2.80 bits per heavy atom. The molecule has 5 nitrogen and oxygen atoms in total. The van der Waals surface area contributed by atoms with E-state index in [9.17, 15) is 4.79 Å². The largest absolute Gasteiger partial charge is 0.381 e. The lowest BCUT2D eigenvalue weighted by Gasteiger charge is -2.22. The molecule has 2 aliphatic heterocycles. The summed E-state index contributed by atoms with van der Waals surface area (Å²) in [5, 5.41) is 6.39. The molecule has 82 valence electrons. The fourth-order valence-electron chi connectivity index (χ4n) is 2.38. The van der Waals surface area contributed by atoms with Gasteiger partial charge in [0.1, 0.15) is 0 Å². The van der Waals surface area contributed by atoms with Gasteiger partial charge in [0.15, 0.2) is 0 Å². The average molecular weight is 209 g/mol. The third-order valence-electron chi connectivity index (χ3n) is 3.26. The molecule has 1 fully saturated rings. The van der Waals surface area contributed by atoms with Crippen molar-refractivity contribution in [3.8, 4) is 0 Å². The number of nitrogens with one attached hydrogen (secondary N) is 2. The lowest BCUT2D eigenvalue weighted by Crippen LogP contribution is -2.29. The van der Waals surface area contributed by atoms with E-state index in [-0.39, 0.29) is 5.56 Å². The van der Waals surface area contributed by atoms with Crippen molar-refractivity contribution in [2.24, 2.45) is 0 Å². The van der Waals surface area contributed by atoms with Crippen molar-refractivity contribution >= 4 is 0 Å². The van der Waals surface area contributed by atoms with Crippen molar-refractivity contribution < 1.29 is 4.74 Å². The van der Waals surface area contributed by atoms with Crippen LogP contribution in [-0.2, 0) is 17.8 Å². The zero-order valence-electron chi connectivity index (χ0n) is 8.58. The van der Waals surface area contributed by atoms with Gasteiger partial charge in [0.05, 0.1) is 17.3 Å². The van der Waals surface area contributed by atoms with Gasteiger partial charge in [-0.05, 0) is 12.8 Å². The average Bonchev–Trinajstić information content (AvgIpc) is 2.83. The Kier molecular flexibility index (Phi) is 2.14. The Bertz CT molecular complexity index is 415. The molecule has 15 heavy (non-hydrogen) atoms. The monoisotopic (exact) mass is 209 g/mol. The minimum Gasteiger partial charge on any atom is -0.381 e. The van der Waals surface area contributed by atoms with E-state index in [2.05, 4.69) is 10.4 Å². The van der Waals surface area contributed by atoms with Crippen LogP contribution in [0.4, 0.5) is 0 Å². The minimum atomic E-state index is 0.155. The molecule has 0 aromatic carbocycles. The first-order valence-corrected chi connectivity index (χ1v) is 5.47. The third-order valence-corrected chi connectivity index (χ3v) is 3.26. The zero-order valence-corrected chi connectivity index (χ0v) is 8.58. The molecule has 3 heterocycles. The normalized spacial score (nSPS) is 21.9. The van der Waals surface area contributed by atoms with E-state index >= 15 is 0 Å². The first-order valence-electron chi connectivity index (χ1n) is 5.47. The van der Waals surface area contributed by atoms with Gasteiger partial charge in [0.2, 0.25) is 0 Å². The number of hydrogen-bond donors (Lipinski definition) is 2. The van der Waals surface area contributed by atoms with Crippen LogP contribution in [0.5, 0.6) is 0 Å². The van der Waals surface area contributed by atoms with Gasteiger partial charge in [-0.25, -0.2) is 4.68 Å². The Morgan fingerprint density at radius 2 is 2.07 bits per heavy atom. The van der Waals surface area contributed by atoms with E-state index in [1.54, 1.807) is 4.68 Å². The van der Waals surface area contributed by atoms with Gasteiger partial charge in [0.25, 0.3) is 5.56 Å². The van der Waals surface area contributed by atoms with Crippen LogP contribution in [0.15, 0.2) is 4.79 Å². The highest BCUT2D eigenvalue weighted by molar-refractivity contribution is 5.21. The van der Waals surface area contributed by atoms with Crippen molar-refractivity contribution in [2.75, 3.05) is 13.2 Å². The number of ether oxygens (including phenoxy) is 1. The van der Waals surface area contributed by atoms with E-state index in [4.69, 9.17) is 4.74 Å². The maximum atomic E-state index is 12.0. The zero-order chi connectivity index (χ0) is 10.3. The molecular weight excluding hydrogens is 194 g/mol. The number of H-pyrrole nitrogens is 1. The van der Waals surface area contributed by atoms with Gasteiger partial charge in [-0.3, -0.25) is 9.89 Å². The molecule has 0 radical (unpaired) electrons. The fourth-order valence-corrected chi connectivity index (χ4v) is 2.38. The van der Waals surface area contributed by atoms with Crippen LogP contribution in [0.3, 0.4) is 0 Å². The molecule has 2 aliphatic rings. The van der Waals surface area contributed by atoms with Gasteiger partial charge in [-0.15, -0.1) is 0 Å². The number of aromatic amines is 1. The highest BCUT2D eigenvalue weighted by Crippen LogP contribution is 2.20. The highest BCUT2D eigenvalue weighted by atomic mass is 16.5. The molecule has 0 unspecified atom stereocenters. The number of hydrogen-bond acceptors (Lipinski definition) is 3. The second-order valence-electron chi connectivity index (χ2n) is 4.19. The first-order chi connectivity index (χ1) is 7.36. The van der Waals surface area contributed by atoms with Gasteiger partial charge in [-0.1, -0.05) is 0 Å². The Balaban J connectivity index is 1.95. The highest BCUT2D eigenvalue weighted by Gasteiger charge is 2.24. The molecule has 1 aromatic rings. The Labute approximate surface area is 87.4 Å². The van der Waals surface area contributed by atoms with Crippen molar-refractivity contribution in [1.29, 1.82) is 0 Å². The summed E-state index contributed by atoms with van der Waals surface area (Å²) in [6.45, 7) is 3.03. The van der Waals surface area contributed by atoms with E-state index < -0.39 is 0 Å². The van der Waals surface area contributed by atoms with Crippen LogP contribution < -0.4 is 10.9 Å². The van der Waals surface area contributed by atoms with E-state index in [0.29, 0.717) is 12.6 Å². The first kappa shape index (κ1) is 9.18. The standard InChI is InChI=1S/C10H15N3O2/c14-10-8-5-11-6-9(8)12-13(10)7-1-3-15-4-2-7/h7,11-12H,1-6H2. The van der Waals surface area contributed by atoms with Crippen LogP contribution in [0, 0.1) is 0 Å². The van der Waals surface area contributed by atoms with Crippen LogP contribution in [0.1, 0.15) is 30.1 Å². The summed E-state index contributed by atoms with van der Waals surface area (Å²) in [7, 11) is 0. The summed E-state index contributed by atoms with van der Waals surface area (Å²) >= 11 is 0. The smallest absolute Gasteiger partial charge is 0.271 e. The maximum absolute atomic E-state index is 12.0. The van der Waals surface area contributed by atoms with Crippen LogP contribution in [0.25, 0.3) is 0 Å². The van der Waals surface area contributed by atoms with Crippen LogP contribution >= 0.6 is 0 Å². The third kappa shape index (κ3) is 1.42. The molecule has 2 N–H and O–H groups in total. The lowest BCUT2D eigenvalue weighted by molar-refractivity contribution is 0.0651. The summed E-state index contributed by atoms with van der Waals surface area (Å²) in [6.07, 6.45) is 1.87. The topological polar surface area (TPSA) is 59.0 Å². The molecule has 1 aromatic heterocycles. The summed E-state index contributed by atoms with van der Waals surface area (Å²) in [5.74, 6) is 0. The summed E-state index contributed by atoms with van der Waals surface area (Å²) in [6, 6.07) is 0.303. The van der Waals surface area contributed by atoms with Gasteiger partial charge in [0, 0.05) is 26.3 Å². The molecular formula is C10H15N3O2. The SMILES string of the molecule is O=c1c2c([nH]n1C1CCOCC1)CNC2. The van der Waals surface area contributed by atoms with E-state index in [1.807, 2.05) is 0 Å². The molecule has 5 heteroatoms. The predicted octanol–water partition coefficient (Wildman–Crippen LogP) is 0.131. The Hall–Kier alpha value is -1.07. The molecule has 1 saturated heterocycles. The molecule has 0 spiro atoms. The van der Waals surface area contributed by atoms with Crippen molar-refractivity contribution in [1.82, 2.24) is 15.1 Å². The van der Waals surface area contributed by atoms with Gasteiger partial charge < -0.3 is 10.1 Å². The van der Waals surface area contributed by atoms with Gasteiger partial charge in [-0.2, -0.15) is 0 Å². The minimum absolute atomic E-state index is 0.155. The predicted molar refractivity (Wildman–Crippen MR) is 54.7 cm³/mol. The second-order valence-corrected chi connectivity index (χ2v) is 4.19. The number of aromatic nitrogens is 2. The summed E-state index contributed by atoms with van der Waals surface area (Å²) < 4.78 is 7.10. The summed E-state index contributed by atoms with van der Waals surface area (Å²) in [5.41, 5.74) is 2.13. The molecule has 0 saturated carbocycles. The Morgan fingerprint density at radius 1 is 1.27 bits per heavy atom. The van der Waals surface area contributed by atoms with Crippen molar-refractivity contribution in [3.63, 3.8) is 0 Å². The number of rotatable bonds is 1. The molecule has 0 aliphatic carbocycles. The fraction of sp³-hybridized carbons (Fsp3) is 0.700.